The van der Waals surface area contributed by atoms with Crippen LogP contribution in [-0.4, -0.2) is 19.6 Å². The first-order chi connectivity index (χ1) is 12.3. The predicted octanol–water partition coefficient (Wildman–Crippen LogP) is 4.61. The van der Waals surface area contributed by atoms with Crippen molar-refractivity contribution < 1.29 is 27.4 Å². The third kappa shape index (κ3) is 3.37. The highest BCUT2D eigenvalue weighted by Crippen LogP contribution is 2.39. The summed E-state index contributed by atoms with van der Waals surface area (Å²) in [5.41, 5.74) is 0.730. The molecule has 1 N–H and O–H groups in total. The van der Waals surface area contributed by atoms with Crippen LogP contribution in [0.15, 0.2) is 36.4 Å². The molecular weight excluding hydrogens is 347 g/mol. The zero-order valence-corrected chi connectivity index (χ0v) is 14.1. The Labute approximate surface area is 148 Å². The van der Waals surface area contributed by atoms with E-state index in [4.69, 9.17) is 9.47 Å². The first-order valence-electron chi connectivity index (χ1n) is 7.89. The van der Waals surface area contributed by atoms with E-state index >= 15 is 0 Å². The molecule has 2 aromatic rings. The van der Waals surface area contributed by atoms with Crippen LogP contribution in [0.4, 0.5) is 18.9 Å². The van der Waals surface area contributed by atoms with E-state index in [0.717, 1.165) is 12.1 Å². The summed E-state index contributed by atoms with van der Waals surface area (Å²) in [4.78, 5) is 12.2. The zero-order chi connectivity index (χ0) is 18.9. The summed E-state index contributed by atoms with van der Waals surface area (Å²) in [5, 5.41) is 2.48. The van der Waals surface area contributed by atoms with Crippen LogP contribution in [0.25, 0.3) is 11.6 Å². The van der Waals surface area contributed by atoms with E-state index in [1.807, 2.05) is 6.92 Å². The van der Waals surface area contributed by atoms with E-state index in [-0.39, 0.29) is 5.69 Å². The number of amides is 1. The molecule has 0 radical (unpaired) electrons. The van der Waals surface area contributed by atoms with Gasteiger partial charge in [0.25, 0.3) is 5.91 Å². The van der Waals surface area contributed by atoms with E-state index in [1.165, 1.54) is 13.2 Å². The number of carbonyl (C=O) groups excluding carboxylic acids is 1. The van der Waals surface area contributed by atoms with Gasteiger partial charge < -0.3 is 14.8 Å². The molecule has 1 aliphatic rings. The Kier molecular flexibility index (Phi) is 4.63. The fourth-order valence-corrected chi connectivity index (χ4v) is 2.73. The minimum Gasteiger partial charge on any atom is -0.493 e. The van der Waals surface area contributed by atoms with Crippen molar-refractivity contribution in [3.05, 3.63) is 53.1 Å². The van der Waals surface area contributed by atoms with Crippen molar-refractivity contribution in [2.24, 2.45) is 0 Å². The lowest BCUT2D eigenvalue weighted by molar-refractivity contribution is -0.137. The summed E-state index contributed by atoms with van der Waals surface area (Å²) in [6.07, 6.45) is -2.86. The Balaban J connectivity index is 2.00. The number of hydrogen-bond acceptors (Lipinski definition) is 3. The second kappa shape index (κ2) is 6.74. The average molecular weight is 363 g/mol. The van der Waals surface area contributed by atoms with Crippen LogP contribution in [0.3, 0.4) is 0 Å². The Hall–Kier alpha value is -2.96. The molecule has 136 valence electrons. The molecule has 7 heteroatoms. The molecule has 0 spiro atoms. The van der Waals surface area contributed by atoms with Crippen molar-refractivity contribution in [1.29, 1.82) is 0 Å². The molecule has 0 aromatic heterocycles. The van der Waals surface area contributed by atoms with Crippen molar-refractivity contribution in [2.45, 2.75) is 13.1 Å². The maximum absolute atomic E-state index is 12.8. The first-order valence-corrected chi connectivity index (χ1v) is 7.89. The van der Waals surface area contributed by atoms with Crippen LogP contribution < -0.4 is 14.8 Å². The Morgan fingerprint density at radius 1 is 1.12 bits per heavy atom. The van der Waals surface area contributed by atoms with Gasteiger partial charge in [-0.1, -0.05) is 12.1 Å². The number of nitrogens with one attached hydrogen (secondary N) is 1. The maximum Gasteiger partial charge on any atom is 0.416 e. The number of ether oxygens (including phenoxy) is 2. The number of anilines is 1. The Bertz CT molecular complexity index is 888. The molecule has 0 unspecified atom stereocenters. The van der Waals surface area contributed by atoms with Crippen molar-refractivity contribution >= 4 is 23.2 Å². The molecule has 0 saturated heterocycles. The number of hydrogen-bond donors (Lipinski definition) is 1. The second-order valence-electron chi connectivity index (χ2n) is 5.61. The minimum absolute atomic E-state index is 0.147. The molecule has 1 aliphatic heterocycles. The second-order valence-corrected chi connectivity index (χ2v) is 5.61. The summed E-state index contributed by atoms with van der Waals surface area (Å²) < 4.78 is 49.2. The fourth-order valence-electron chi connectivity index (χ4n) is 2.73. The smallest absolute Gasteiger partial charge is 0.416 e. The lowest BCUT2D eigenvalue weighted by Crippen LogP contribution is -2.06. The quantitative estimate of drug-likeness (QED) is 0.808. The molecule has 1 amide bonds. The van der Waals surface area contributed by atoms with Gasteiger partial charge in [-0.25, -0.2) is 0 Å². The van der Waals surface area contributed by atoms with Gasteiger partial charge in [-0.2, -0.15) is 13.2 Å². The number of halogens is 3. The lowest BCUT2D eigenvalue weighted by Gasteiger charge is -2.10. The summed E-state index contributed by atoms with van der Waals surface area (Å²) in [7, 11) is 1.50. The minimum atomic E-state index is -4.46. The van der Waals surface area contributed by atoms with E-state index in [2.05, 4.69) is 5.32 Å². The van der Waals surface area contributed by atoms with E-state index in [9.17, 15) is 18.0 Å². The van der Waals surface area contributed by atoms with Crippen molar-refractivity contribution in [2.75, 3.05) is 19.0 Å². The van der Waals surface area contributed by atoms with Gasteiger partial charge in [0.2, 0.25) is 0 Å². The third-order valence-corrected chi connectivity index (χ3v) is 3.93. The molecule has 26 heavy (non-hydrogen) atoms. The van der Waals surface area contributed by atoms with Gasteiger partial charge in [-0.15, -0.1) is 0 Å². The monoisotopic (exact) mass is 363 g/mol. The normalized spacial score (nSPS) is 15.0. The van der Waals surface area contributed by atoms with Gasteiger partial charge in [0.05, 0.1) is 19.3 Å². The summed E-state index contributed by atoms with van der Waals surface area (Å²) >= 11 is 0. The standard InChI is InChI=1S/C19H16F3NO3/c1-3-26-16-7-4-11(9-17(16)25-2)8-14-13-6-5-12(19(20,21)22)10-15(13)23-18(14)24/h4-10H,3H2,1-2H3,(H,23,24)/b14-8-. The van der Waals surface area contributed by atoms with Gasteiger partial charge in [-0.3, -0.25) is 4.79 Å². The van der Waals surface area contributed by atoms with Gasteiger partial charge >= 0.3 is 6.18 Å². The molecule has 1 heterocycles. The molecule has 2 aromatic carbocycles. The van der Waals surface area contributed by atoms with Gasteiger partial charge in [0.1, 0.15) is 0 Å². The molecule has 0 bridgehead atoms. The van der Waals surface area contributed by atoms with Crippen molar-refractivity contribution in [3.8, 4) is 11.5 Å². The lowest BCUT2D eigenvalue weighted by atomic mass is 10.0. The van der Waals surface area contributed by atoms with E-state index in [1.54, 1.807) is 24.3 Å². The number of rotatable bonds is 4. The number of benzene rings is 2. The first kappa shape index (κ1) is 17.8. The molecule has 4 nitrogen and oxygen atoms in total. The maximum atomic E-state index is 12.8. The largest absolute Gasteiger partial charge is 0.493 e. The number of carbonyl (C=O) groups is 1. The summed E-state index contributed by atoms with van der Waals surface area (Å²) in [6, 6.07) is 8.37. The van der Waals surface area contributed by atoms with E-state index in [0.29, 0.717) is 34.8 Å². The van der Waals surface area contributed by atoms with Crippen LogP contribution in [0, 0.1) is 0 Å². The van der Waals surface area contributed by atoms with Crippen LogP contribution in [0.2, 0.25) is 0 Å². The highest BCUT2D eigenvalue weighted by molar-refractivity contribution is 6.34. The molecule has 0 saturated carbocycles. The average Bonchev–Trinajstić information content (AvgIpc) is 2.90. The molecule has 0 fully saturated rings. The summed E-state index contributed by atoms with van der Waals surface area (Å²) in [6.45, 7) is 2.33. The molecular formula is C19H16F3NO3. The van der Waals surface area contributed by atoms with E-state index < -0.39 is 17.6 Å². The molecule has 0 atom stereocenters. The third-order valence-electron chi connectivity index (χ3n) is 3.93. The zero-order valence-electron chi connectivity index (χ0n) is 14.1. The van der Waals surface area contributed by atoms with Crippen LogP contribution in [-0.2, 0) is 11.0 Å². The number of methoxy groups -OCH3 is 1. The Morgan fingerprint density at radius 2 is 1.88 bits per heavy atom. The summed E-state index contributed by atoms with van der Waals surface area (Å²) in [5.74, 6) is 0.627. The number of alkyl halides is 3. The van der Waals surface area contributed by atoms with Crippen LogP contribution >= 0.6 is 0 Å². The van der Waals surface area contributed by atoms with Crippen LogP contribution in [0.5, 0.6) is 11.5 Å². The van der Waals surface area contributed by atoms with Gasteiger partial charge in [-0.05, 0) is 42.8 Å². The van der Waals surface area contributed by atoms with Crippen molar-refractivity contribution in [1.82, 2.24) is 0 Å². The predicted molar refractivity (Wildman–Crippen MR) is 92.1 cm³/mol. The van der Waals surface area contributed by atoms with Crippen molar-refractivity contribution in [3.63, 3.8) is 0 Å². The highest BCUT2D eigenvalue weighted by Gasteiger charge is 2.33. The SMILES string of the molecule is CCOc1ccc(/C=C2\C(=O)Nc3cc(C(F)(F)F)ccc32)cc1OC. The van der Waals surface area contributed by atoms with Gasteiger partial charge in [0, 0.05) is 16.8 Å². The van der Waals surface area contributed by atoms with Crippen LogP contribution in [0.1, 0.15) is 23.6 Å². The molecule has 0 aliphatic carbocycles. The molecule has 3 rings (SSSR count). The Morgan fingerprint density at radius 3 is 2.54 bits per heavy atom. The van der Waals surface area contributed by atoms with Gasteiger partial charge in [0.15, 0.2) is 11.5 Å². The fraction of sp³-hybridized carbons (Fsp3) is 0.211. The topological polar surface area (TPSA) is 47.6 Å². The number of fused-ring (bicyclic) bond motifs is 1. The highest BCUT2D eigenvalue weighted by atomic mass is 19.4.